The molecule has 0 radical (unpaired) electrons. The highest BCUT2D eigenvalue weighted by Gasteiger charge is 2.53. The van der Waals surface area contributed by atoms with E-state index < -0.39 is 0 Å². The Labute approximate surface area is 152 Å². The highest BCUT2D eigenvalue weighted by molar-refractivity contribution is 6.05. The van der Waals surface area contributed by atoms with Crippen LogP contribution in [0.25, 0.3) is 10.8 Å². The molecule has 0 spiro atoms. The van der Waals surface area contributed by atoms with Gasteiger partial charge in [-0.1, -0.05) is 24.3 Å². The van der Waals surface area contributed by atoms with E-state index in [-0.39, 0.29) is 11.8 Å². The average molecular weight is 347 g/mol. The molecule has 4 aliphatic rings. The Bertz CT molecular complexity index is 932. The van der Waals surface area contributed by atoms with Crippen LogP contribution < -0.4 is 5.06 Å². The standard InChI is InChI=1S/C21H21N3O2/c1-23-11-14-7-9-19(23)20-17(14)12-26-24(21(20)25)18-8-6-13(10-22)15-4-2-3-5-16(15)18/h2-6,8,14,17,19-20H,7,9,11-12H2,1H3/t14?,17-,19?,20-/m0/s1. The van der Waals surface area contributed by atoms with E-state index in [9.17, 15) is 10.1 Å². The van der Waals surface area contributed by atoms with E-state index in [0.29, 0.717) is 30.0 Å². The second-order valence-electron chi connectivity index (χ2n) is 7.75. The molecule has 6 rings (SSSR count). The average Bonchev–Trinajstić information content (AvgIpc) is 2.68. The largest absolute Gasteiger partial charge is 0.302 e. The van der Waals surface area contributed by atoms with Gasteiger partial charge in [-0.3, -0.25) is 9.63 Å². The molecule has 4 atom stereocenters. The lowest BCUT2D eigenvalue weighted by molar-refractivity contribution is -0.160. The maximum Gasteiger partial charge on any atom is 0.255 e. The first-order valence-corrected chi connectivity index (χ1v) is 9.28. The number of carbonyl (C=O) groups is 1. The van der Waals surface area contributed by atoms with Gasteiger partial charge in [0.1, 0.15) is 0 Å². The summed E-state index contributed by atoms with van der Waals surface area (Å²) in [6.45, 7) is 1.67. The normalized spacial score (nSPS) is 31.1. The number of rotatable bonds is 1. The number of hydroxylamine groups is 1. The summed E-state index contributed by atoms with van der Waals surface area (Å²) in [5.41, 5.74) is 1.36. The lowest BCUT2D eigenvalue weighted by Gasteiger charge is -2.55. The molecule has 3 saturated heterocycles. The van der Waals surface area contributed by atoms with Gasteiger partial charge in [0.25, 0.3) is 5.91 Å². The van der Waals surface area contributed by atoms with Gasteiger partial charge in [0.2, 0.25) is 0 Å². The predicted molar refractivity (Wildman–Crippen MR) is 98.2 cm³/mol. The number of carbonyl (C=O) groups excluding carboxylic acids is 1. The first-order valence-electron chi connectivity index (χ1n) is 9.28. The van der Waals surface area contributed by atoms with Crippen molar-refractivity contribution in [1.82, 2.24) is 4.90 Å². The predicted octanol–water partition coefficient (Wildman–Crippen LogP) is 2.95. The maximum atomic E-state index is 13.4. The molecule has 132 valence electrons. The molecule has 3 heterocycles. The van der Waals surface area contributed by atoms with Gasteiger partial charge < -0.3 is 4.90 Å². The van der Waals surface area contributed by atoms with Crippen LogP contribution in [0.2, 0.25) is 0 Å². The van der Waals surface area contributed by atoms with Crippen molar-refractivity contribution in [2.45, 2.75) is 18.9 Å². The molecule has 1 aliphatic carbocycles. The fourth-order valence-electron chi connectivity index (χ4n) is 5.28. The number of anilines is 1. The monoisotopic (exact) mass is 347 g/mol. The summed E-state index contributed by atoms with van der Waals surface area (Å²) < 4.78 is 0. The van der Waals surface area contributed by atoms with E-state index in [2.05, 4.69) is 18.0 Å². The van der Waals surface area contributed by atoms with Gasteiger partial charge in [-0.15, -0.1) is 0 Å². The van der Waals surface area contributed by atoms with Crippen molar-refractivity contribution in [2.24, 2.45) is 17.8 Å². The summed E-state index contributed by atoms with van der Waals surface area (Å²) in [6, 6.07) is 13.9. The van der Waals surface area contributed by atoms with Crippen LogP contribution in [-0.4, -0.2) is 37.0 Å². The first-order chi connectivity index (χ1) is 12.7. The van der Waals surface area contributed by atoms with E-state index in [1.165, 1.54) is 11.5 Å². The Kier molecular flexibility index (Phi) is 3.53. The third-order valence-corrected chi connectivity index (χ3v) is 6.52. The number of hydrogen-bond donors (Lipinski definition) is 0. The van der Waals surface area contributed by atoms with Crippen molar-refractivity contribution in [3.8, 4) is 6.07 Å². The number of piperidine rings is 2. The Balaban J connectivity index is 1.57. The van der Waals surface area contributed by atoms with Gasteiger partial charge in [-0.2, -0.15) is 10.3 Å². The molecule has 5 nitrogen and oxygen atoms in total. The Morgan fingerprint density at radius 1 is 1.15 bits per heavy atom. The zero-order valence-corrected chi connectivity index (χ0v) is 14.8. The smallest absolute Gasteiger partial charge is 0.255 e. The summed E-state index contributed by atoms with van der Waals surface area (Å²) >= 11 is 0. The van der Waals surface area contributed by atoms with Crippen LogP contribution >= 0.6 is 0 Å². The highest BCUT2D eigenvalue weighted by atomic mass is 16.7. The molecule has 26 heavy (non-hydrogen) atoms. The molecule has 1 saturated carbocycles. The van der Waals surface area contributed by atoms with E-state index in [1.54, 1.807) is 6.07 Å². The molecular formula is C21H21N3O2. The fourth-order valence-corrected chi connectivity index (χ4v) is 5.28. The number of benzene rings is 2. The third-order valence-electron chi connectivity index (χ3n) is 6.52. The number of amides is 1. The second-order valence-corrected chi connectivity index (χ2v) is 7.75. The minimum atomic E-state index is 0.00987. The van der Waals surface area contributed by atoms with Crippen LogP contribution in [-0.2, 0) is 9.63 Å². The molecule has 0 N–H and O–H groups in total. The number of nitrogens with zero attached hydrogens (tertiary/aromatic N) is 3. The highest BCUT2D eigenvalue weighted by Crippen LogP contribution is 2.46. The van der Waals surface area contributed by atoms with E-state index >= 15 is 0 Å². The van der Waals surface area contributed by atoms with Gasteiger partial charge in [0.05, 0.1) is 29.8 Å². The zero-order valence-electron chi connectivity index (χ0n) is 14.8. The number of hydrogen-bond acceptors (Lipinski definition) is 4. The summed E-state index contributed by atoms with van der Waals surface area (Å²) in [5.74, 6) is 0.963. The molecule has 2 unspecified atom stereocenters. The minimum Gasteiger partial charge on any atom is -0.302 e. The molecule has 5 heteroatoms. The van der Waals surface area contributed by atoms with Gasteiger partial charge in [0.15, 0.2) is 0 Å². The van der Waals surface area contributed by atoms with Crippen LogP contribution in [0.4, 0.5) is 5.69 Å². The second kappa shape index (κ2) is 5.80. The van der Waals surface area contributed by atoms with Crippen LogP contribution in [0.5, 0.6) is 0 Å². The quantitative estimate of drug-likeness (QED) is 0.796. The van der Waals surface area contributed by atoms with Crippen molar-refractivity contribution in [1.29, 1.82) is 5.26 Å². The molecule has 2 aromatic rings. The van der Waals surface area contributed by atoms with Crippen LogP contribution in [0.1, 0.15) is 18.4 Å². The van der Waals surface area contributed by atoms with Gasteiger partial charge in [0, 0.05) is 29.3 Å². The Hall–Kier alpha value is -2.42. The van der Waals surface area contributed by atoms with E-state index in [0.717, 1.165) is 29.4 Å². The van der Waals surface area contributed by atoms with E-state index in [4.69, 9.17) is 4.84 Å². The molecular weight excluding hydrogens is 326 g/mol. The SMILES string of the molecule is CN1CC2CCC1[C@H]1C(=O)N(c3ccc(C#N)c4ccccc34)OC[C@@H]21. The summed E-state index contributed by atoms with van der Waals surface area (Å²) in [4.78, 5) is 21.8. The van der Waals surface area contributed by atoms with Crippen molar-refractivity contribution >= 4 is 22.4 Å². The first kappa shape index (κ1) is 15.8. The van der Waals surface area contributed by atoms with Crippen molar-refractivity contribution in [3.63, 3.8) is 0 Å². The van der Waals surface area contributed by atoms with Crippen LogP contribution in [0, 0.1) is 29.1 Å². The molecule has 3 aliphatic heterocycles. The third kappa shape index (κ3) is 2.13. The number of nitriles is 1. The zero-order chi connectivity index (χ0) is 17.8. The molecule has 0 aromatic heterocycles. The fraction of sp³-hybridized carbons (Fsp3) is 0.429. The van der Waals surface area contributed by atoms with Crippen LogP contribution in [0.15, 0.2) is 36.4 Å². The molecule has 2 aromatic carbocycles. The van der Waals surface area contributed by atoms with Crippen molar-refractivity contribution in [2.75, 3.05) is 25.3 Å². The van der Waals surface area contributed by atoms with Crippen molar-refractivity contribution in [3.05, 3.63) is 42.0 Å². The molecule has 4 fully saturated rings. The number of fused-ring (bicyclic) bond motifs is 3. The summed E-state index contributed by atoms with van der Waals surface area (Å²) in [7, 11) is 2.14. The maximum absolute atomic E-state index is 13.4. The Morgan fingerprint density at radius 3 is 2.73 bits per heavy atom. The Morgan fingerprint density at radius 2 is 1.96 bits per heavy atom. The summed E-state index contributed by atoms with van der Waals surface area (Å²) in [5, 5.41) is 12.6. The van der Waals surface area contributed by atoms with E-state index in [1.807, 2.05) is 30.3 Å². The van der Waals surface area contributed by atoms with Gasteiger partial charge >= 0.3 is 0 Å². The molecule has 2 bridgehead atoms. The van der Waals surface area contributed by atoms with Gasteiger partial charge in [-0.25, -0.2) is 0 Å². The van der Waals surface area contributed by atoms with Gasteiger partial charge in [-0.05, 0) is 37.9 Å². The van der Waals surface area contributed by atoms with Crippen molar-refractivity contribution < 1.29 is 9.63 Å². The topological polar surface area (TPSA) is 56.6 Å². The lowest BCUT2D eigenvalue weighted by Crippen LogP contribution is -2.64. The van der Waals surface area contributed by atoms with Crippen LogP contribution in [0.3, 0.4) is 0 Å². The summed E-state index contributed by atoms with van der Waals surface area (Å²) in [6.07, 6.45) is 2.29. The lowest BCUT2D eigenvalue weighted by atomic mass is 9.64. The molecule has 1 amide bonds. The minimum absolute atomic E-state index is 0.00987.